The van der Waals surface area contributed by atoms with E-state index in [-0.39, 0.29) is 6.04 Å². The molecule has 1 spiro atoms. The molecule has 0 bridgehead atoms. The minimum Gasteiger partial charge on any atom is -0.497 e. The molecule has 2 aliphatic rings. The number of benzene rings is 1. The molecule has 5 rings (SSSR count). The van der Waals surface area contributed by atoms with E-state index >= 15 is 0 Å². The minimum absolute atomic E-state index is 0.0338. The summed E-state index contributed by atoms with van der Waals surface area (Å²) in [6.07, 6.45) is 5.48. The van der Waals surface area contributed by atoms with Crippen LogP contribution in [0.25, 0.3) is 5.65 Å². The highest BCUT2D eigenvalue weighted by Crippen LogP contribution is 2.33. The largest absolute Gasteiger partial charge is 0.497 e. The SMILES string of the molecule is COc1cccc(C(C)Nc2nc(N3CCC4(CCN4)CC3)nc3c(C(C)C)cnn23)c1. The molecule has 0 amide bonds. The van der Waals surface area contributed by atoms with Crippen molar-refractivity contribution in [3.8, 4) is 5.75 Å². The Kier molecular flexibility index (Phi) is 5.41. The van der Waals surface area contributed by atoms with Crippen LogP contribution >= 0.6 is 0 Å². The number of piperidine rings is 1. The van der Waals surface area contributed by atoms with Crippen LogP contribution in [-0.4, -0.2) is 51.9 Å². The second kappa shape index (κ2) is 8.24. The van der Waals surface area contributed by atoms with Crippen LogP contribution in [-0.2, 0) is 0 Å². The maximum absolute atomic E-state index is 5.40. The summed E-state index contributed by atoms with van der Waals surface area (Å²) in [5.41, 5.74) is 3.50. The highest BCUT2D eigenvalue weighted by molar-refractivity contribution is 5.57. The van der Waals surface area contributed by atoms with Gasteiger partial charge in [-0.05, 0) is 56.3 Å². The molecule has 0 radical (unpaired) electrons. The van der Waals surface area contributed by atoms with Gasteiger partial charge in [-0.15, -0.1) is 0 Å². The molecule has 170 valence electrons. The van der Waals surface area contributed by atoms with Crippen molar-refractivity contribution in [2.45, 2.75) is 57.5 Å². The summed E-state index contributed by atoms with van der Waals surface area (Å²) in [5, 5.41) is 11.8. The Bertz CT molecular complexity index is 1090. The predicted molar refractivity (Wildman–Crippen MR) is 127 cm³/mol. The Labute approximate surface area is 189 Å². The molecule has 3 aromatic rings. The van der Waals surface area contributed by atoms with Gasteiger partial charge in [-0.1, -0.05) is 26.0 Å². The van der Waals surface area contributed by atoms with Gasteiger partial charge in [-0.3, -0.25) is 0 Å². The van der Waals surface area contributed by atoms with Crippen molar-refractivity contribution in [1.82, 2.24) is 24.9 Å². The van der Waals surface area contributed by atoms with Gasteiger partial charge in [0.1, 0.15) is 5.75 Å². The first-order valence-corrected chi connectivity index (χ1v) is 11.6. The summed E-state index contributed by atoms with van der Waals surface area (Å²) in [6.45, 7) is 9.57. The molecule has 1 aromatic carbocycles. The van der Waals surface area contributed by atoms with Crippen molar-refractivity contribution in [2.24, 2.45) is 0 Å². The smallest absolute Gasteiger partial charge is 0.230 e. The number of rotatable bonds is 6. The van der Waals surface area contributed by atoms with E-state index in [1.807, 2.05) is 22.8 Å². The molecule has 2 aliphatic heterocycles. The fraction of sp³-hybridized carbons (Fsp3) is 0.542. The molecule has 4 heterocycles. The summed E-state index contributed by atoms with van der Waals surface area (Å²) in [4.78, 5) is 12.2. The molecule has 1 unspecified atom stereocenters. The van der Waals surface area contributed by atoms with E-state index in [0.29, 0.717) is 17.4 Å². The summed E-state index contributed by atoms with van der Waals surface area (Å²) >= 11 is 0. The first-order valence-electron chi connectivity index (χ1n) is 11.6. The van der Waals surface area contributed by atoms with Gasteiger partial charge in [-0.25, -0.2) is 0 Å². The number of nitrogens with zero attached hydrogens (tertiary/aromatic N) is 5. The van der Waals surface area contributed by atoms with E-state index in [9.17, 15) is 0 Å². The fourth-order valence-electron chi connectivity index (χ4n) is 4.75. The maximum atomic E-state index is 5.40. The molecular weight excluding hydrogens is 402 g/mol. The zero-order valence-corrected chi connectivity index (χ0v) is 19.4. The topological polar surface area (TPSA) is 79.6 Å². The molecule has 1 atom stereocenters. The number of methoxy groups -OCH3 is 1. The monoisotopic (exact) mass is 435 g/mol. The van der Waals surface area contributed by atoms with Crippen LogP contribution in [0.3, 0.4) is 0 Å². The second-order valence-corrected chi connectivity index (χ2v) is 9.42. The molecule has 0 aliphatic carbocycles. The van der Waals surface area contributed by atoms with Gasteiger partial charge in [0.15, 0.2) is 5.65 Å². The molecule has 2 aromatic heterocycles. The lowest BCUT2D eigenvalue weighted by atomic mass is 9.79. The van der Waals surface area contributed by atoms with E-state index < -0.39 is 0 Å². The maximum Gasteiger partial charge on any atom is 0.230 e. The van der Waals surface area contributed by atoms with E-state index in [1.165, 1.54) is 6.42 Å². The normalized spacial score (nSPS) is 18.7. The Morgan fingerprint density at radius 2 is 1.91 bits per heavy atom. The quantitative estimate of drug-likeness (QED) is 0.610. The van der Waals surface area contributed by atoms with E-state index in [0.717, 1.165) is 60.9 Å². The molecule has 2 saturated heterocycles. The zero-order valence-electron chi connectivity index (χ0n) is 19.4. The van der Waals surface area contributed by atoms with Crippen LogP contribution in [0.15, 0.2) is 30.5 Å². The Morgan fingerprint density at radius 1 is 1.12 bits per heavy atom. The van der Waals surface area contributed by atoms with Crippen LogP contribution in [0, 0.1) is 0 Å². The standard InChI is InChI=1S/C24H33N7O/c1-16(2)20-15-26-31-21(20)28-22(30-12-9-24(10-13-30)8-11-25-24)29-23(31)27-17(3)18-6-5-7-19(14-18)32-4/h5-7,14-17,25H,8-13H2,1-4H3,(H,27,28,29). The number of aromatic nitrogens is 4. The Balaban J connectivity index is 1.48. The average molecular weight is 436 g/mol. The molecule has 2 fully saturated rings. The van der Waals surface area contributed by atoms with Gasteiger partial charge in [0.2, 0.25) is 11.9 Å². The zero-order chi connectivity index (χ0) is 22.3. The van der Waals surface area contributed by atoms with Crippen LogP contribution in [0.2, 0.25) is 0 Å². The number of anilines is 2. The van der Waals surface area contributed by atoms with Crippen molar-refractivity contribution in [1.29, 1.82) is 0 Å². The lowest BCUT2D eigenvalue weighted by molar-refractivity contribution is 0.163. The third kappa shape index (κ3) is 3.77. The Morgan fingerprint density at radius 3 is 2.56 bits per heavy atom. The number of fused-ring (bicyclic) bond motifs is 1. The molecule has 2 N–H and O–H groups in total. The first-order chi connectivity index (χ1) is 15.5. The van der Waals surface area contributed by atoms with Crippen LogP contribution in [0.4, 0.5) is 11.9 Å². The lowest BCUT2D eigenvalue weighted by Crippen LogP contribution is -2.62. The minimum atomic E-state index is 0.0338. The number of hydrogen-bond acceptors (Lipinski definition) is 7. The first kappa shape index (κ1) is 21.0. The summed E-state index contributed by atoms with van der Waals surface area (Å²) in [5.74, 6) is 2.68. The van der Waals surface area contributed by atoms with Crippen LogP contribution in [0.5, 0.6) is 5.75 Å². The lowest BCUT2D eigenvalue weighted by Gasteiger charge is -2.48. The van der Waals surface area contributed by atoms with Crippen molar-refractivity contribution < 1.29 is 4.74 Å². The predicted octanol–water partition coefficient (Wildman–Crippen LogP) is 3.76. The summed E-state index contributed by atoms with van der Waals surface area (Å²) in [6, 6.07) is 8.15. The highest BCUT2D eigenvalue weighted by Gasteiger charge is 2.39. The average Bonchev–Trinajstić information content (AvgIpc) is 3.23. The molecule has 32 heavy (non-hydrogen) atoms. The number of nitrogens with one attached hydrogen (secondary N) is 2. The van der Waals surface area contributed by atoms with Gasteiger partial charge < -0.3 is 20.3 Å². The third-order valence-corrected chi connectivity index (χ3v) is 7.05. The molecule has 0 saturated carbocycles. The van der Waals surface area contributed by atoms with Crippen molar-refractivity contribution in [3.05, 3.63) is 41.6 Å². The molecule has 8 nitrogen and oxygen atoms in total. The molecule has 8 heteroatoms. The van der Waals surface area contributed by atoms with Crippen LogP contribution in [0.1, 0.15) is 63.1 Å². The van der Waals surface area contributed by atoms with E-state index in [2.05, 4.69) is 53.5 Å². The van der Waals surface area contributed by atoms with Gasteiger partial charge in [0.25, 0.3) is 0 Å². The van der Waals surface area contributed by atoms with E-state index in [4.69, 9.17) is 14.7 Å². The van der Waals surface area contributed by atoms with Crippen molar-refractivity contribution >= 4 is 17.5 Å². The van der Waals surface area contributed by atoms with Crippen molar-refractivity contribution in [3.63, 3.8) is 0 Å². The van der Waals surface area contributed by atoms with Gasteiger partial charge in [0, 0.05) is 24.2 Å². The highest BCUT2D eigenvalue weighted by atomic mass is 16.5. The van der Waals surface area contributed by atoms with Crippen LogP contribution < -0.4 is 20.3 Å². The fourth-order valence-corrected chi connectivity index (χ4v) is 4.75. The van der Waals surface area contributed by atoms with Gasteiger partial charge in [-0.2, -0.15) is 19.6 Å². The second-order valence-electron chi connectivity index (χ2n) is 9.42. The number of ether oxygens (including phenoxy) is 1. The summed E-state index contributed by atoms with van der Waals surface area (Å²) < 4.78 is 7.24. The van der Waals surface area contributed by atoms with E-state index in [1.54, 1.807) is 7.11 Å². The third-order valence-electron chi connectivity index (χ3n) is 7.05. The van der Waals surface area contributed by atoms with Crippen molar-refractivity contribution in [2.75, 3.05) is 37.0 Å². The molecular formula is C24H33N7O. The van der Waals surface area contributed by atoms with Gasteiger partial charge in [0.05, 0.1) is 19.3 Å². The van der Waals surface area contributed by atoms with Gasteiger partial charge >= 0.3 is 0 Å². The Hall–Kier alpha value is -2.87. The number of hydrogen-bond donors (Lipinski definition) is 2. The summed E-state index contributed by atoms with van der Waals surface area (Å²) in [7, 11) is 1.69.